The predicted octanol–water partition coefficient (Wildman–Crippen LogP) is 1.52. The number of anilines is 1. The van der Waals surface area contributed by atoms with Crippen LogP contribution in [0.3, 0.4) is 0 Å². The van der Waals surface area contributed by atoms with Crippen LogP contribution < -0.4 is 11.1 Å². The van der Waals surface area contributed by atoms with Crippen LogP contribution in [-0.2, 0) is 11.8 Å². The fourth-order valence-corrected chi connectivity index (χ4v) is 2.13. The molecule has 1 aromatic carbocycles. The number of rotatable bonds is 4. The van der Waals surface area contributed by atoms with Gasteiger partial charge in [-0.1, -0.05) is 15.9 Å². The first-order valence-electron chi connectivity index (χ1n) is 5.96. The first-order valence-corrected chi connectivity index (χ1v) is 6.75. The van der Waals surface area contributed by atoms with Crippen molar-refractivity contribution in [3.63, 3.8) is 0 Å². The van der Waals surface area contributed by atoms with E-state index in [-0.39, 0.29) is 11.3 Å². The van der Waals surface area contributed by atoms with E-state index in [1.54, 1.807) is 19.3 Å². The second kappa shape index (κ2) is 6.06. The third kappa shape index (κ3) is 3.47. The van der Waals surface area contributed by atoms with Crippen LogP contribution in [-0.4, -0.2) is 26.8 Å². The third-order valence-corrected chi connectivity index (χ3v) is 3.33. The van der Waals surface area contributed by atoms with Crippen LogP contribution in [0.25, 0.3) is 0 Å². The zero-order chi connectivity index (χ0) is 15.6. The Morgan fingerprint density at radius 3 is 2.76 bits per heavy atom. The van der Waals surface area contributed by atoms with Crippen molar-refractivity contribution < 1.29 is 14.7 Å². The van der Waals surface area contributed by atoms with Crippen LogP contribution in [0.4, 0.5) is 5.69 Å². The normalized spacial score (nSPS) is 12.0. The zero-order valence-electron chi connectivity index (χ0n) is 11.1. The lowest BCUT2D eigenvalue weighted by Gasteiger charge is -2.12. The van der Waals surface area contributed by atoms with Gasteiger partial charge in [0.2, 0.25) is 5.91 Å². The van der Waals surface area contributed by atoms with E-state index in [1.807, 2.05) is 0 Å². The van der Waals surface area contributed by atoms with Crippen LogP contribution in [0.15, 0.2) is 35.1 Å². The van der Waals surface area contributed by atoms with Crippen LogP contribution in [0.2, 0.25) is 0 Å². The molecule has 0 saturated carbocycles. The van der Waals surface area contributed by atoms with Crippen molar-refractivity contribution in [2.45, 2.75) is 6.04 Å². The zero-order valence-corrected chi connectivity index (χ0v) is 12.7. The number of aromatic carboxylic acids is 1. The molecule has 0 aliphatic rings. The molecule has 4 N–H and O–H groups in total. The Morgan fingerprint density at radius 1 is 1.48 bits per heavy atom. The lowest BCUT2D eigenvalue weighted by atomic mass is 10.1. The molecule has 2 aromatic rings. The summed E-state index contributed by atoms with van der Waals surface area (Å²) >= 11 is 3.19. The molecule has 21 heavy (non-hydrogen) atoms. The lowest BCUT2D eigenvalue weighted by molar-refractivity contribution is -0.117. The highest BCUT2D eigenvalue weighted by Crippen LogP contribution is 2.22. The molecule has 0 bridgehead atoms. The molecule has 0 saturated heterocycles. The maximum Gasteiger partial charge on any atom is 0.337 e. The highest BCUT2D eigenvalue weighted by Gasteiger charge is 2.20. The number of amides is 1. The van der Waals surface area contributed by atoms with Gasteiger partial charge in [-0.15, -0.1) is 0 Å². The summed E-state index contributed by atoms with van der Waals surface area (Å²) in [4.78, 5) is 23.3. The van der Waals surface area contributed by atoms with Gasteiger partial charge in [-0.3, -0.25) is 9.48 Å². The summed E-state index contributed by atoms with van der Waals surface area (Å²) < 4.78 is 2.14. The molecule has 0 aliphatic heterocycles. The molecule has 0 radical (unpaired) electrons. The Bertz CT molecular complexity index is 698. The third-order valence-electron chi connectivity index (χ3n) is 2.84. The lowest BCUT2D eigenvalue weighted by Crippen LogP contribution is -2.28. The minimum atomic E-state index is -1.14. The quantitative estimate of drug-likeness (QED) is 0.772. The Balaban J connectivity index is 2.22. The van der Waals surface area contributed by atoms with Crippen molar-refractivity contribution in [2.75, 3.05) is 5.32 Å². The van der Waals surface area contributed by atoms with Crippen molar-refractivity contribution >= 4 is 33.5 Å². The van der Waals surface area contributed by atoms with E-state index in [4.69, 9.17) is 10.8 Å². The number of hydrogen-bond donors (Lipinski definition) is 3. The van der Waals surface area contributed by atoms with Gasteiger partial charge in [0.1, 0.15) is 6.04 Å². The minimum Gasteiger partial charge on any atom is -0.478 e. The molecule has 0 aliphatic carbocycles. The summed E-state index contributed by atoms with van der Waals surface area (Å²) in [5.74, 6) is -1.64. The molecule has 1 unspecified atom stereocenters. The second-order valence-electron chi connectivity index (χ2n) is 4.41. The van der Waals surface area contributed by atoms with E-state index in [0.29, 0.717) is 10.0 Å². The number of carboxylic acid groups (broad SMARTS) is 1. The largest absolute Gasteiger partial charge is 0.478 e. The molecule has 1 aromatic heterocycles. The number of nitrogens with zero attached hydrogens (tertiary/aromatic N) is 2. The predicted molar refractivity (Wildman–Crippen MR) is 79.9 cm³/mol. The summed E-state index contributed by atoms with van der Waals surface area (Å²) in [5.41, 5.74) is 6.55. The number of nitrogens with two attached hydrogens (primary N) is 1. The van der Waals surface area contributed by atoms with Gasteiger partial charge in [0, 0.05) is 23.3 Å². The number of aromatic nitrogens is 2. The van der Waals surface area contributed by atoms with Crippen LogP contribution in [0, 0.1) is 0 Å². The van der Waals surface area contributed by atoms with Gasteiger partial charge in [0.25, 0.3) is 0 Å². The highest BCUT2D eigenvalue weighted by atomic mass is 79.9. The van der Waals surface area contributed by atoms with Gasteiger partial charge in [0.15, 0.2) is 0 Å². The topological polar surface area (TPSA) is 110 Å². The Hall–Kier alpha value is -2.19. The number of halogens is 1. The van der Waals surface area contributed by atoms with Gasteiger partial charge in [0.05, 0.1) is 17.4 Å². The molecular formula is C13H13BrN4O3. The van der Waals surface area contributed by atoms with Crippen molar-refractivity contribution in [3.05, 3.63) is 46.2 Å². The molecule has 1 heterocycles. The standard InChI is InChI=1S/C13H13BrN4O3/c1-18-6-7(5-16-18)11(15)12(19)17-10-3-2-8(14)4-9(10)13(20)21/h2-6,11H,15H2,1H3,(H,17,19)(H,20,21). The number of benzene rings is 1. The van der Waals surface area contributed by atoms with Gasteiger partial charge in [-0.2, -0.15) is 5.10 Å². The molecule has 0 spiro atoms. The SMILES string of the molecule is Cn1cc(C(N)C(=O)Nc2ccc(Br)cc2C(=O)O)cn1. The average molecular weight is 353 g/mol. The van der Waals surface area contributed by atoms with Crippen LogP contribution in [0.1, 0.15) is 22.0 Å². The van der Waals surface area contributed by atoms with E-state index in [1.165, 1.54) is 23.0 Å². The molecule has 8 heteroatoms. The van der Waals surface area contributed by atoms with Crippen molar-refractivity contribution in [2.24, 2.45) is 12.8 Å². The van der Waals surface area contributed by atoms with Gasteiger partial charge in [-0.25, -0.2) is 4.79 Å². The number of carbonyl (C=O) groups excluding carboxylic acids is 1. The second-order valence-corrected chi connectivity index (χ2v) is 5.32. The molecule has 7 nitrogen and oxygen atoms in total. The molecule has 1 amide bonds. The van der Waals surface area contributed by atoms with Crippen LogP contribution in [0.5, 0.6) is 0 Å². The first kappa shape index (κ1) is 15.2. The molecule has 1 atom stereocenters. The van der Waals surface area contributed by atoms with Gasteiger partial charge >= 0.3 is 5.97 Å². The van der Waals surface area contributed by atoms with E-state index in [9.17, 15) is 9.59 Å². The summed E-state index contributed by atoms with van der Waals surface area (Å²) in [6, 6.07) is 3.62. The Labute approximate surface area is 128 Å². The first-order chi connectivity index (χ1) is 9.88. The molecular weight excluding hydrogens is 340 g/mol. The van der Waals surface area contributed by atoms with E-state index in [2.05, 4.69) is 26.3 Å². The van der Waals surface area contributed by atoms with Gasteiger partial charge < -0.3 is 16.2 Å². The number of nitrogens with one attached hydrogen (secondary N) is 1. The number of carbonyl (C=O) groups is 2. The number of aryl methyl sites for hydroxylation is 1. The fourth-order valence-electron chi connectivity index (χ4n) is 1.77. The van der Waals surface area contributed by atoms with Crippen molar-refractivity contribution in [3.8, 4) is 0 Å². The smallest absolute Gasteiger partial charge is 0.337 e. The summed E-state index contributed by atoms with van der Waals surface area (Å²) in [7, 11) is 1.71. The van der Waals surface area contributed by atoms with E-state index < -0.39 is 17.9 Å². The summed E-state index contributed by atoms with van der Waals surface area (Å²) in [6.45, 7) is 0. The summed E-state index contributed by atoms with van der Waals surface area (Å²) in [6.07, 6.45) is 3.12. The molecule has 0 fully saturated rings. The average Bonchev–Trinajstić information content (AvgIpc) is 2.86. The maximum absolute atomic E-state index is 12.1. The van der Waals surface area contributed by atoms with E-state index >= 15 is 0 Å². The van der Waals surface area contributed by atoms with Crippen LogP contribution >= 0.6 is 15.9 Å². The summed E-state index contributed by atoms with van der Waals surface area (Å²) in [5, 5.41) is 15.6. The van der Waals surface area contributed by atoms with E-state index in [0.717, 1.165) is 0 Å². The number of carboxylic acids is 1. The Morgan fingerprint density at radius 2 is 2.19 bits per heavy atom. The number of hydrogen-bond acceptors (Lipinski definition) is 4. The molecule has 110 valence electrons. The molecule has 2 rings (SSSR count). The monoisotopic (exact) mass is 352 g/mol. The fraction of sp³-hybridized carbons (Fsp3) is 0.154. The minimum absolute atomic E-state index is 0.0175. The van der Waals surface area contributed by atoms with Crippen molar-refractivity contribution in [1.82, 2.24) is 9.78 Å². The Kier molecular flexibility index (Phi) is 4.39. The van der Waals surface area contributed by atoms with Gasteiger partial charge in [-0.05, 0) is 18.2 Å². The maximum atomic E-state index is 12.1. The highest BCUT2D eigenvalue weighted by molar-refractivity contribution is 9.10. The van der Waals surface area contributed by atoms with Crippen molar-refractivity contribution in [1.29, 1.82) is 0 Å².